The minimum atomic E-state index is -0.299. The van der Waals surface area contributed by atoms with E-state index in [0.717, 1.165) is 22.0 Å². The van der Waals surface area contributed by atoms with Crippen molar-refractivity contribution in [3.8, 4) is 0 Å². The molecule has 0 aliphatic heterocycles. The molecule has 2 heterocycles. The molecule has 4 rings (SSSR count). The predicted octanol–water partition coefficient (Wildman–Crippen LogP) is 4.68. The van der Waals surface area contributed by atoms with Crippen LogP contribution in [0.5, 0.6) is 0 Å². The third-order valence-electron chi connectivity index (χ3n) is 4.60. The zero-order chi connectivity index (χ0) is 18.8. The quantitative estimate of drug-likeness (QED) is 0.529. The molecule has 0 spiro atoms. The summed E-state index contributed by atoms with van der Waals surface area (Å²) in [5, 5.41) is 8.48. The Bertz CT molecular complexity index is 1100. The van der Waals surface area contributed by atoms with Crippen molar-refractivity contribution in [1.29, 1.82) is 0 Å². The molecule has 0 saturated carbocycles. The third kappa shape index (κ3) is 3.46. The highest BCUT2D eigenvalue weighted by molar-refractivity contribution is 6.31. The van der Waals surface area contributed by atoms with Gasteiger partial charge in [-0.3, -0.25) is 4.79 Å². The molecular weight excluding hydrogens is 362 g/mol. The van der Waals surface area contributed by atoms with Crippen LogP contribution in [0.2, 0.25) is 5.02 Å². The Labute approximate surface area is 161 Å². The summed E-state index contributed by atoms with van der Waals surface area (Å²) in [4.78, 5) is 15.7. The van der Waals surface area contributed by atoms with Crippen LogP contribution in [0.3, 0.4) is 0 Å². The van der Waals surface area contributed by atoms with E-state index in [2.05, 4.69) is 21.5 Å². The molecule has 2 N–H and O–H groups in total. The topological polar surface area (TPSA) is 70.9 Å². The van der Waals surface area contributed by atoms with Gasteiger partial charge in [-0.25, -0.2) is 0 Å². The monoisotopic (exact) mass is 379 g/mol. The molecule has 0 aliphatic rings. The molecule has 27 heavy (non-hydrogen) atoms. The fourth-order valence-corrected chi connectivity index (χ4v) is 3.55. The van der Waals surface area contributed by atoms with Gasteiger partial charge in [0, 0.05) is 40.7 Å². The van der Waals surface area contributed by atoms with Crippen molar-refractivity contribution in [3.05, 3.63) is 88.4 Å². The van der Waals surface area contributed by atoms with Crippen molar-refractivity contribution < 1.29 is 9.32 Å². The van der Waals surface area contributed by atoms with Gasteiger partial charge < -0.3 is 14.8 Å². The van der Waals surface area contributed by atoms with Gasteiger partial charge in [-0.2, -0.15) is 0 Å². The molecule has 136 valence electrons. The van der Waals surface area contributed by atoms with Gasteiger partial charge in [0.2, 0.25) is 5.76 Å². The Morgan fingerprint density at radius 2 is 1.96 bits per heavy atom. The zero-order valence-electron chi connectivity index (χ0n) is 14.7. The molecule has 0 fully saturated rings. The Kier molecular flexibility index (Phi) is 4.69. The lowest BCUT2D eigenvalue weighted by atomic mass is 9.90. The first-order chi connectivity index (χ1) is 13.1. The van der Waals surface area contributed by atoms with Gasteiger partial charge in [0.05, 0.1) is 5.69 Å². The number of H-pyrrole nitrogens is 1. The normalized spacial score (nSPS) is 12.2. The summed E-state index contributed by atoms with van der Waals surface area (Å²) >= 11 is 6.47. The lowest BCUT2D eigenvalue weighted by Gasteiger charge is -2.19. The van der Waals surface area contributed by atoms with E-state index < -0.39 is 0 Å². The molecule has 0 saturated heterocycles. The highest BCUT2D eigenvalue weighted by atomic mass is 35.5. The first-order valence-corrected chi connectivity index (χ1v) is 9.03. The number of para-hydroxylation sites is 1. The zero-order valence-corrected chi connectivity index (χ0v) is 15.5. The van der Waals surface area contributed by atoms with E-state index in [0.29, 0.717) is 17.3 Å². The maximum atomic E-state index is 12.4. The summed E-state index contributed by atoms with van der Waals surface area (Å²) < 4.78 is 5.05. The molecule has 0 unspecified atom stereocenters. The number of amides is 1. The SMILES string of the molecule is Cc1cc(C(=O)NC[C@@H](c2ccccc2Cl)c2c[nH]c3ccccc23)on1. The molecule has 2 aromatic heterocycles. The van der Waals surface area contributed by atoms with Gasteiger partial charge in [-0.15, -0.1) is 0 Å². The number of rotatable bonds is 5. The van der Waals surface area contributed by atoms with Gasteiger partial charge in [0.1, 0.15) is 0 Å². The van der Waals surface area contributed by atoms with Gasteiger partial charge in [-0.1, -0.05) is 53.2 Å². The van der Waals surface area contributed by atoms with Crippen molar-refractivity contribution in [2.24, 2.45) is 0 Å². The Morgan fingerprint density at radius 1 is 1.19 bits per heavy atom. The smallest absolute Gasteiger partial charge is 0.289 e. The molecule has 0 radical (unpaired) electrons. The molecule has 4 aromatic rings. The predicted molar refractivity (Wildman–Crippen MR) is 105 cm³/mol. The number of aryl methyl sites for hydroxylation is 1. The van der Waals surface area contributed by atoms with Crippen LogP contribution in [-0.2, 0) is 0 Å². The first-order valence-electron chi connectivity index (χ1n) is 8.65. The van der Waals surface area contributed by atoms with Crippen molar-refractivity contribution in [1.82, 2.24) is 15.5 Å². The van der Waals surface area contributed by atoms with E-state index in [9.17, 15) is 4.79 Å². The minimum Gasteiger partial charge on any atom is -0.361 e. The van der Waals surface area contributed by atoms with Crippen LogP contribution in [-0.4, -0.2) is 22.6 Å². The van der Waals surface area contributed by atoms with Crippen LogP contribution < -0.4 is 5.32 Å². The van der Waals surface area contributed by atoms with E-state index in [4.69, 9.17) is 16.1 Å². The Morgan fingerprint density at radius 3 is 2.74 bits per heavy atom. The molecule has 6 heteroatoms. The number of fused-ring (bicyclic) bond motifs is 1. The number of nitrogens with zero attached hydrogens (tertiary/aromatic N) is 1. The number of hydrogen-bond acceptors (Lipinski definition) is 3. The number of nitrogens with one attached hydrogen (secondary N) is 2. The van der Waals surface area contributed by atoms with Crippen molar-refractivity contribution in [3.63, 3.8) is 0 Å². The van der Waals surface area contributed by atoms with Gasteiger partial charge in [-0.05, 0) is 30.2 Å². The molecular formula is C21H18ClN3O2. The number of aromatic amines is 1. The van der Waals surface area contributed by atoms with Gasteiger partial charge >= 0.3 is 0 Å². The van der Waals surface area contributed by atoms with Crippen LogP contribution in [0.1, 0.15) is 33.3 Å². The Balaban J connectivity index is 1.68. The fraction of sp³-hybridized carbons (Fsp3) is 0.143. The number of benzene rings is 2. The standard InChI is InChI=1S/C21H18ClN3O2/c1-13-10-20(27-25-13)21(26)24-12-16(14-6-2-4-8-18(14)22)17-11-23-19-9-5-3-7-15(17)19/h2-11,16,23H,12H2,1H3,(H,24,26)/t16-/m0/s1. The van der Waals surface area contributed by atoms with E-state index in [1.54, 1.807) is 13.0 Å². The average Bonchev–Trinajstić information content (AvgIpc) is 3.30. The van der Waals surface area contributed by atoms with E-state index >= 15 is 0 Å². The second-order valence-electron chi connectivity index (χ2n) is 6.41. The van der Waals surface area contributed by atoms with Crippen molar-refractivity contribution in [2.45, 2.75) is 12.8 Å². The second-order valence-corrected chi connectivity index (χ2v) is 6.81. The molecule has 1 amide bonds. The van der Waals surface area contributed by atoms with Crippen LogP contribution in [0.25, 0.3) is 10.9 Å². The maximum Gasteiger partial charge on any atom is 0.289 e. The molecule has 0 aliphatic carbocycles. The second kappa shape index (κ2) is 7.29. The molecule has 5 nitrogen and oxygen atoms in total. The van der Waals surface area contributed by atoms with Gasteiger partial charge in [0.25, 0.3) is 5.91 Å². The summed E-state index contributed by atoms with van der Waals surface area (Å²) in [5.41, 5.74) is 3.74. The third-order valence-corrected chi connectivity index (χ3v) is 4.94. The number of aromatic nitrogens is 2. The minimum absolute atomic E-state index is 0.109. The average molecular weight is 380 g/mol. The largest absolute Gasteiger partial charge is 0.361 e. The Hall–Kier alpha value is -3.05. The van der Waals surface area contributed by atoms with Crippen LogP contribution in [0, 0.1) is 6.92 Å². The lowest BCUT2D eigenvalue weighted by Crippen LogP contribution is -2.28. The van der Waals surface area contributed by atoms with E-state index in [-0.39, 0.29) is 17.6 Å². The van der Waals surface area contributed by atoms with Gasteiger partial charge in [0.15, 0.2) is 0 Å². The molecule has 1 atom stereocenters. The number of halogens is 1. The van der Waals surface area contributed by atoms with Crippen LogP contribution >= 0.6 is 11.6 Å². The molecule has 2 aromatic carbocycles. The number of carbonyl (C=O) groups excluding carboxylic acids is 1. The summed E-state index contributed by atoms with van der Waals surface area (Å²) in [6, 6.07) is 17.4. The highest BCUT2D eigenvalue weighted by Gasteiger charge is 2.22. The number of carbonyl (C=O) groups is 1. The first kappa shape index (κ1) is 17.4. The lowest BCUT2D eigenvalue weighted by molar-refractivity contribution is 0.0915. The van der Waals surface area contributed by atoms with Crippen LogP contribution in [0.4, 0.5) is 0 Å². The maximum absolute atomic E-state index is 12.4. The van der Waals surface area contributed by atoms with Crippen LogP contribution in [0.15, 0.2) is 65.3 Å². The van der Waals surface area contributed by atoms with Crippen molar-refractivity contribution in [2.75, 3.05) is 6.54 Å². The van der Waals surface area contributed by atoms with E-state index in [1.165, 1.54) is 0 Å². The van der Waals surface area contributed by atoms with Crippen molar-refractivity contribution >= 4 is 28.4 Å². The highest BCUT2D eigenvalue weighted by Crippen LogP contribution is 2.34. The fourth-order valence-electron chi connectivity index (χ4n) is 3.28. The summed E-state index contributed by atoms with van der Waals surface area (Å²) in [6.45, 7) is 2.16. The number of hydrogen-bond donors (Lipinski definition) is 2. The van der Waals surface area contributed by atoms with E-state index in [1.807, 2.05) is 48.7 Å². The molecule has 0 bridgehead atoms. The summed E-state index contributed by atoms with van der Waals surface area (Å²) in [5.74, 6) is -0.209. The summed E-state index contributed by atoms with van der Waals surface area (Å²) in [7, 11) is 0. The summed E-state index contributed by atoms with van der Waals surface area (Å²) in [6.07, 6.45) is 1.98.